The minimum absolute atomic E-state index is 0.258. The average molecular weight is 279 g/mol. The van der Waals surface area contributed by atoms with Crippen LogP contribution in [0.15, 0.2) is 0 Å². The van der Waals surface area contributed by atoms with Gasteiger partial charge in [0.1, 0.15) is 5.54 Å². The van der Waals surface area contributed by atoms with Crippen LogP contribution in [-0.4, -0.2) is 36.6 Å². The lowest BCUT2D eigenvalue weighted by molar-refractivity contribution is 0.175. The fraction of sp³-hybridized carbons (Fsp3) is 0.941. The van der Waals surface area contributed by atoms with Crippen molar-refractivity contribution in [2.75, 3.05) is 20.1 Å². The number of nitrogens with one attached hydrogen (secondary N) is 1. The van der Waals surface area contributed by atoms with E-state index in [1.165, 1.54) is 38.6 Å². The van der Waals surface area contributed by atoms with E-state index in [-0.39, 0.29) is 5.54 Å². The standard InChI is InChI=1S/C17H33N3/c1-5-7-12-20(15(3)6-2)13-10-16-9-8-11-17(16,14-18)19-4/h15-16,19H,5-13H2,1-4H3. The Morgan fingerprint density at radius 2 is 2.15 bits per heavy atom. The van der Waals surface area contributed by atoms with Gasteiger partial charge < -0.3 is 10.2 Å². The summed E-state index contributed by atoms with van der Waals surface area (Å²) >= 11 is 0. The molecule has 0 amide bonds. The lowest BCUT2D eigenvalue weighted by atomic mass is 9.86. The third-order valence-corrected chi connectivity index (χ3v) is 5.24. The summed E-state index contributed by atoms with van der Waals surface area (Å²) in [5, 5.41) is 12.8. The molecule has 1 aliphatic rings. The van der Waals surface area contributed by atoms with Gasteiger partial charge in [0, 0.05) is 6.04 Å². The maximum atomic E-state index is 9.52. The van der Waals surface area contributed by atoms with E-state index < -0.39 is 0 Å². The number of hydrogen-bond donors (Lipinski definition) is 1. The van der Waals surface area contributed by atoms with Crippen molar-refractivity contribution in [3.63, 3.8) is 0 Å². The van der Waals surface area contributed by atoms with Gasteiger partial charge in [-0.3, -0.25) is 0 Å². The SMILES string of the molecule is CCCCN(CCC1CCCC1(C#N)NC)C(C)CC. The molecule has 3 unspecified atom stereocenters. The summed E-state index contributed by atoms with van der Waals surface area (Å²) in [6.45, 7) is 9.21. The Bertz CT molecular complexity index is 310. The van der Waals surface area contributed by atoms with Gasteiger partial charge in [-0.1, -0.05) is 26.7 Å². The van der Waals surface area contributed by atoms with Gasteiger partial charge in [-0.25, -0.2) is 0 Å². The molecule has 3 nitrogen and oxygen atoms in total. The Balaban J connectivity index is 2.56. The van der Waals surface area contributed by atoms with E-state index in [1.54, 1.807) is 0 Å². The predicted molar refractivity (Wildman–Crippen MR) is 85.6 cm³/mol. The highest BCUT2D eigenvalue weighted by Crippen LogP contribution is 2.37. The zero-order valence-electron chi connectivity index (χ0n) is 13.9. The first-order valence-corrected chi connectivity index (χ1v) is 8.47. The zero-order valence-corrected chi connectivity index (χ0v) is 13.9. The molecule has 1 saturated carbocycles. The minimum Gasteiger partial charge on any atom is -0.302 e. The molecule has 116 valence electrons. The smallest absolute Gasteiger partial charge is 0.109 e. The molecule has 0 spiro atoms. The number of rotatable bonds is 9. The van der Waals surface area contributed by atoms with Crippen LogP contribution in [0, 0.1) is 17.2 Å². The lowest BCUT2D eigenvalue weighted by Crippen LogP contribution is -2.46. The van der Waals surface area contributed by atoms with E-state index in [0.29, 0.717) is 12.0 Å². The van der Waals surface area contributed by atoms with Crippen LogP contribution in [0.1, 0.15) is 65.7 Å². The molecule has 1 rings (SSSR count). The first-order valence-electron chi connectivity index (χ1n) is 8.47. The van der Waals surface area contributed by atoms with Crippen molar-refractivity contribution >= 4 is 0 Å². The average Bonchev–Trinajstić information content (AvgIpc) is 2.90. The van der Waals surface area contributed by atoms with Gasteiger partial charge in [-0.05, 0) is 65.1 Å². The molecule has 3 heteroatoms. The monoisotopic (exact) mass is 279 g/mol. The highest BCUT2D eigenvalue weighted by molar-refractivity contribution is 5.13. The van der Waals surface area contributed by atoms with Gasteiger partial charge in [-0.2, -0.15) is 5.26 Å². The molecule has 3 atom stereocenters. The van der Waals surface area contributed by atoms with Gasteiger partial charge in [0.2, 0.25) is 0 Å². The Hall–Kier alpha value is -0.590. The Morgan fingerprint density at radius 1 is 1.40 bits per heavy atom. The summed E-state index contributed by atoms with van der Waals surface area (Å²) in [5.74, 6) is 0.519. The van der Waals surface area contributed by atoms with Crippen molar-refractivity contribution in [3.8, 4) is 6.07 Å². The molecule has 20 heavy (non-hydrogen) atoms. The number of hydrogen-bond acceptors (Lipinski definition) is 3. The summed E-state index contributed by atoms with van der Waals surface area (Å²) in [4.78, 5) is 2.62. The van der Waals surface area contributed by atoms with Crippen LogP contribution in [0.2, 0.25) is 0 Å². The quantitative estimate of drug-likeness (QED) is 0.701. The fourth-order valence-corrected chi connectivity index (χ4v) is 3.49. The first kappa shape index (κ1) is 17.5. The number of unbranched alkanes of at least 4 members (excludes halogenated alkanes) is 1. The van der Waals surface area contributed by atoms with Gasteiger partial charge in [0.05, 0.1) is 6.07 Å². The van der Waals surface area contributed by atoms with Crippen LogP contribution in [0.3, 0.4) is 0 Å². The van der Waals surface area contributed by atoms with Crippen molar-refractivity contribution in [3.05, 3.63) is 0 Å². The van der Waals surface area contributed by atoms with Crippen LogP contribution in [0.5, 0.6) is 0 Å². The predicted octanol–water partition coefficient (Wildman–Crippen LogP) is 3.56. The highest BCUT2D eigenvalue weighted by Gasteiger charge is 2.41. The van der Waals surface area contributed by atoms with E-state index in [9.17, 15) is 5.26 Å². The summed E-state index contributed by atoms with van der Waals surface area (Å²) in [7, 11) is 1.95. The molecule has 0 bridgehead atoms. The highest BCUT2D eigenvalue weighted by atomic mass is 15.1. The van der Waals surface area contributed by atoms with Crippen LogP contribution < -0.4 is 5.32 Å². The zero-order chi connectivity index (χ0) is 15.0. The molecule has 0 aromatic heterocycles. The molecule has 1 N–H and O–H groups in total. The first-order chi connectivity index (χ1) is 9.63. The third kappa shape index (κ3) is 4.20. The summed E-state index contributed by atoms with van der Waals surface area (Å²) in [5.41, 5.74) is -0.258. The second kappa shape index (κ2) is 8.64. The van der Waals surface area contributed by atoms with E-state index >= 15 is 0 Å². The topological polar surface area (TPSA) is 39.1 Å². The van der Waals surface area contributed by atoms with E-state index in [4.69, 9.17) is 0 Å². The molecule has 0 heterocycles. The van der Waals surface area contributed by atoms with Crippen LogP contribution in [0.4, 0.5) is 0 Å². The Morgan fingerprint density at radius 3 is 2.70 bits per heavy atom. The van der Waals surface area contributed by atoms with Crippen molar-refractivity contribution in [2.24, 2.45) is 5.92 Å². The molecule has 0 aromatic carbocycles. The minimum atomic E-state index is -0.258. The fourth-order valence-electron chi connectivity index (χ4n) is 3.49. The van der Waals surface area contributed by atoms with Crippen molar-refractivity contribution in [1.29, 1.82) is 5.26 Å². The molecule has 0 radical (unpaired) electrons. The Kier molecular flexibility index (Phi) is 7.55. The molecule has 1 fully saturated rings. The lowest BCUT2D eigenvalue weighted by Gasteiger charge is -2.33. The molecular weight excluding hydrogens is 246 g/mol. The second-order valence-corrected chi connectivity index (χ2v) is 6.36. The van der Waals surface area contributed by atoms with E-state index in [0.717, 1.165) is 19.4 Å². The van der Waals surface area contributed by atoms with Crippen LogP contribution >= 0.6 is 0 Å². The van der Waals surface area contributed by atoms with Gasteiger partial charge in [-0.15, -0.1) is 0 Å². The number of nitrogens with zero attached hydrogens (tertiary/aromatic N) is 2. The molecule has 0 aliphatic heterocycles. The van der Waals surface area contributed by atoms with E-state index in [1.807, 2.05) is 7.05 Å². The van der Waals surface area contributed by atoms with Crippen molar-refractivity contribution in [1.82, 2.24) is 10.2 Å². The largest absolute Gasteiger partial charge is 0.302 e. The van der Waals surface area contributed by atoms with Gasteiger partial charge in [0.25, 0.3) is 0 Å². The molecule has 0 saturated heterocycles. The van der Waals surface area contributed by atoms with Crippen LogP contribution in [-0.2, 0) is 0 Å². The maximum Gasteiger partial charge on any atom is 0.109 e. The number of nitriles is 1. The Labute approximate surface area is 125 Å². The normalized spacial score (nSPS) is 27.7. The van der Waals surface area contributed by atoms with E-state index in [2.05, 4.69) is 37.1 Å². The van der Waals surface area contributed by atoms with Crippen LogP contribution in [0.25, 0.3) is 0 Å². The molecule has 0 aromatic rings. The van der Waals surface area contributed by atoms with Crippen molar-refractivity contribution < 1.29 is 0 Å². The van der Waals surface area contributed by atoms with Gasteiger partial charge >= 0.3 is 0 Å². The molecular formula is C17H33N3. The van der Waals surface area contributed by atoms with Crippen molar-refractivity contribution in [2.45, 2.75) is 77.3 Å². The maximum absolute atomic E-state index is 9.52. The summed E-state index contributed by atoms with van der Waals surface area (Å²) in [6.07, 6.45) is 8.32. The summed E-state index contributed by atoms with van der Waals surface area (Å²) < 4.78 is 0. The molecule has 1 aliphatic carbocycles. The third-order valence-electron chi connectivity index (χ3n) is 5.24. The second-order valence-electron chi connectivity index (χ2n) is 6.36. The van der Waals surface area contributed by atoms with Gasteiger partial charge in [0.15, 0.2) is 0 Å². The summed E-state index contributed by atoms with van der Waals surface area (Å²) in [6, 6.07) is 3.22.